The van der Waals surface area contributed by atoms with Crippen molar-refractivity contribution < 1.29 is 4.42 Å². The molecule has 7 heteroatoms. The molecule has 1 aromatic carbocycles. The zero-order chi connectivity index (χ0) is 13.7. The number of H-pyrrole nitrogens is 1. The summed E-state index contributed by atoms with van der Waals surface area (Å²) in [7, 11) is 0. The second kappa shape index (κ2) is 5.33. The summed E-state index contributed by atoms with van der Waals surface area (Å²) in [5.74, 6) is 0.669. The van der Waals surface area contributed by atoms with Crippen molar-refractivity contribution in [3.63, 3.8) is 0 Å². The Balaban J connectivity index is 0.00000132. The molecular formula is C14H13Cl2N3O2. The maximum atomic E-state index is 12.2. The van der Waals surface area contributed by atoms with Crippen LogP contribution in [0.1, 0.15) is 24.7 Å². The highest BCUT2D eigenvalue weighted by molar-refractivity contribution is 6.31. The lowest BCUT2D eigenvalue weighted by atomic mass is 10.2. The van der Waals surface area contributed by atoms with Gasteiger partial charge in [-0.25, -0.2) is 4.98 Å². The first kappa shape index (κ1) is 14.4. The predicted molar refractivity (Wildman–Crippen MR) is 84.4 cm³/mol. The van der Waals surface area contributed by atoms with Crippen LogP contribution in [0.3, 0.4) is 0 Å². The fourth-order valence-corrected chi connectivity index (χ4v) is 2.90. The molecule has 4 rings (SSSR count). The van der Waals surface area contributed by atoms with Crippen LogP contribution in [0.2, 0.25) is 5.02 Å². The van der Waals surface area contributed by atoms with Crippen molar-refractivity contribution in [3.05, 3.63) is 39.4 Å². The Morgan fingerprint density at radius 2 is 2.24 bits per heavy atom. The summed E-state index contributed by atoms with van der Waals surface area (Å²) in [6.45, 7) is 0.949. The molecule has 0 spiro atoms. The van der Waals surface area contributed by atoms with Crippen molar-refractivity contribution in [2.24, 2.45) is 0 Å². The third kappa shape index (κ3) is 2.31. The van der Waals surface area contributed by atoms with E-state index < -0.39 is 0 Å². The van der Waals surface area contributed by atoms with Gasteiger partial charge in [0.05, 0.1) is 6.04 Å². The van der Waals surface area contributed by atoms with Crippen molar-refractivity contribution >= 4 is 46.1 Å². The first-order valence-electron chi connectivity index (χ1n) is 6.58. The molecule has 0 amide bonds. The summed E-state index contributed by atoms with van der Waals surface area (Å²) in [5, 5.41) is 4.70. The largest absolute Gasteiger partial charge is 0.449 e. The smallest absolute Gasteiger partial charge is 0.294 e. The van der Waals surface area contributed by atoms with Crippen LogP contribution in [0.5, 0.6) is 0 Å². The summed E-state index contributed by atoms with van der Waals surface area (Å²) in [6, 6.07) is 5.38. The van der Waals surface area contributed by atoms with Gasteiger partial charge in [0.1, 0.15) is 16.9 Å². The minimum absolute atomic E-state index is 0. The fraction of sp³-hybridized carbons (Fsp3) is 0.286. The van der Waals surface area contributed by atoms with Gasteiger partial charge >= 0.3 is 0 Å². The minimum atomic E-state index is -0.244. The molecule has 1 aliphatic rings. The van der Waals surface area contributed by atoms with Gasteiger partial charge in [-0.3, -0.25) is 4.79 Å². The molecule has 1 saturated heterocycles. The number of hydrogen-bond acceptors (Lipinski definition) is 4. The Bertz CT molecular complexity index is 866. The molecule has 1 unspecified atom stereocenters. The fourth-order valence-electron chi connectivity index (χ4n) is 2.73. The zero-order valence-electron chi connectivity index (χ0n) is 11.0. The molecule has 1 fully saturated rings. The molecule has 21 heavy (non-hydrogen) atoms. The van der Waals surface area contributed by atoms with E-state index in [0.29, 0.717) is 21.9 Å². The molecule has 3 heterocycles. The van der Waals surface area contributed by atoms with E-state index >= 15 is 0 Å². The molecule has 1 atom stereocenters. The maximum absolute atomic E-state index is 12.2. The van der Waals surface area contributed by atoms with E-state index in [1.165, 1.54) is 0 Å². The molecule has 0 saturated carbocycles. The summed E-state index contributed by atoms with van der Waals surface area (Å²) in [6.07, 6.45) is 2.06. The van der Waals surface area contributed by atoms with Gasteiger partial charge in [-0.05, 0) is 37.6 Å². The number of benzene rings is 1. The highest BCUT2D eigenvalue weighted by Gasteiger charge is 2.21. The second-order valence-electron chi connectivity index (χ2n) is 5.02. The highest BCUT2D eigenvalue weighted by Crippen LogP contribution is 2.29. The molecule has 110 valence electrons. The standard InChI is InChI=1S/C14H12ClN3O2.ClH/c15-7-3-4-10-8(6-7)11-12(20-10)14(19)18-13(17-11)9-2-1-5-16-9;/h3-4,6,9,16H,1-2,5H2,(H,17,18,19);1H. The van der Waals surface area contributed by atoms with Crippen LogP contribution in [0.4, 0.5) is 0 Å². The molecule has 2 aromatic heterocycles. The van der Waals surface area contributed by atoms with Crippen LogP contribution < -0.4 is 10.9 Å². The third-order valence-corrected chi connectivity index (χ3v) is 3.93. The van der Waals surface area contributed by atoms with Crippen LogP contribution in [0.25, 0.3) is 22.1 Å². The number of aromatic nitrogens is 2. The number of furan rings is 1. The third-order valence-electron chi connectivity index (χ3n) is 3.69. The van der Waals surface area contributed by atoms with Crippen molar-refractivity contribution in [3.8, 4) is 0 Å². The van der Waals surface area contributed by atoms with Gasteiger partial charge in [0.25, 0.3) is 5.56 Å². The summed E-state index contributed by atoms with van der Waals surface area (Å²) >= 11 is 6.01. The Kier molecular flexibility index (Phi) is 3.65. The van der Waals surface area contributed by atoms with Gasteiger partial charge in [0.15, 0.2) is 0 Å². The summed E-state index contributed by atoms with van der Waals surface area (Å²) in [4.78, 5) is 19.5. The lowest BCUT2D eigenvalue weighted by Crippen LogP contribution is -2.20. The van der Waals surface area contributed by atoms with Crippen molar-refractivity contribution in [1.29, 1.82) is 0 Å². The molecular weight excluding hydrogens is 313 g/mol. The van der Waals surface area contributed by atoms with Crippen LogP contribution in [0, 0.1) is 0 Å². The average molecular weight is 326 g/mol. The number of halogens is 2. The van der Waals surface area contributed by atoms with Gasteiger partial charge in [-0.2, -0.15) is 0 Å². The number of aromatic amines is 1. The van der Waals surface area contributed by atoms with E-state index in [4.69, 9.17) is 16.0 Å². The lowest BCUT2D eigenvalue weighted by Gasteiger charge is -2.08. The first-order chi connectivity index (χ1) is 9.72. The van der Waals surface area contributed by atoms with Crippen LogP contribution >= 0.6 is 24.0 Å². The van der Waals surface area contributed by atoms with Crippen molar-refractivity contribution in [1.82, 2.24) is 15.3 Å². The molecule has 0 radical (unpaired) electrons. The number of fused-ring (bicyclic) bond motifs is 3. The molecule has 2 N–H and O–H groups in total. The molecule has 0 bridgehead atoms. The number of rotatable bonds is 1. The summed E-state index contributed by atoms with van der Waals surface area (Å²) in [5.41, 5.74) is 1.21. The first-order valence-corrected chi connectivity index (χ1v) is 6.95. The van der Waals surface area contributed by atoms with Crippen molar-refractivity contribution in [2.75, 3.05) is 6.54 Å². The SMILES string of the molecule is Cl.O=c1[nH]c(C2CCCN2)nc2c1oc1ccc(Cl)cc12. The molecule has 3 aromatic rings. The van der Waals surface area contributed by atoms with Crippen molar-refractivity contribution in [2.45, 2.75) is 18.9 Å². The van der Waals surface area contributed by atoms with E-state index in [1.807, 2.05) is 0 Å². The zero-order valence-corrected chi connectivity index (χ0v) is 12.6. The Labute approximate surface area is 131 Å². The second-order valence-corrected chi connectivity index (χ2v) is 5.46. The molecule has 1 aliphatic heterocycles. The van der Waals surface area contributed by atoms with E-state index in [2.05, 4.69) is 15.3 Å². The van der Waals surface area contributed by atoms with Gasteiger partial charge in [0.2, 0.25) is 5.58 Å². The number of hydrogen-bond donors (Lipinski definition) is 2. The number of nitrogens with one attached hydrogen (secondary N) is 2. The van der Waals surface area contributed by atoms with Crippen LogP contribution in [-0.4, -0.2) is 16.5 Å². The monoisotopic (exact) mass is 325 g/mol. The number of nitrogens with zero attached hydrogens (tertiary/aromatic N) is 1. The van der Waals surface area contributed by atoms with Gasteiger partial charge < -0.3 is 14.7 Å². The minimum Gasteiger partial charge on any atom is -0.449 e. The van der Waals surface area contributed by atoms with Crippen LogP contribution in [0.15, 0.2) is 27.4 Å². The van der Waals surface area contributed by atoms with Gasteiger partial charge in [0, 0.05) is 10.4 Å². The molecule has 0 aliphatic carbocycles. The predicted octanol–water partition coefficient (Wildman–Crippen LogP) is 3.17. The maximum Gasteiger partial charge on any atom is 0.294 e. The van der Waals surface area contributed by atoms with E-state index in [1.54, 1.807) is 18.2 Å². The highest BCUT2D eigenvalue weighted by atomic mass is 35.5. The molecule has 5 nitrogen and oxygen atoms in total. The normalized spacial score (nSPS) is 18.2. The lowest BCUT2D eigenvalue weighted by molar-refractivity contribution is 0.600. The van der Waals surface area contributed by atoms with Crippen LogP contribution in [-0.2, 0) is 0 Å². The van der Waals surface area contributed by atoms with E-state index in [-0.39, 0.29) is 29.6 Å². The van der Waals surface area contributed by atoms with E-state index in [0.717, 1.165) is 24.8 Å². The quantitative estimate of drug-likeness (QED) is 0.720. The van der Waals surface area contributed by atoms with Gasteiger partial charge in [-0.1, -0.05) is 11.6 Å². The Morgan fingerprint density at radius 1 is 1.38 bits per heavy atom. The Hall–Kier alpha value is -1.56. The average Bonchev–Trinajstić information content (AvgIpc) is 3.06. The van der Waals surface area contributed by atoms with E-state index in [9.17, 15) is 4.79 Å². The summed E-state index contributed by atoms with van der Waals surface area (Å²) < 4.78 is 5.57. The Morgan fingerprint density at radius 3 is 3.00 bits per heavy atom. The van der Waals surface area contributed by atoms with Gasteiger partial charge in [-0.15, -0.1) is 12.4 Å². The topological polar surface area (TPSA) is 70.9 Å².